The Morgan fingerprint density at radius 1 is 1.18 bits per heavy atom. The zero-order valence-electron chi connectivity index (χ0n) is 13.3. The van der Waals surface area contributed by atoms with E-state index in [4.69, 9.17) is 0 Å². The zero-order valence-corrected chi connectivity index (χ0v) is 13.3. The summed E-state index contributed by atoms with van der Waals surface area (Å²) in [5, 5.41) is 4.40. The molecule has 3 fully saturated rings. The SMILES string of the molecule is O=C(c1cnn(CCN2CCCCC2)c1)N1CC2CCC1C2. The maximum atomic E-state index is 12.6. The molecule has 1 aliphatic carbocycles. The molecule has 4 rings (SSSR count). The molecular formula is C17H26N4O. The Balaban J connectivity index is 1.33. The molecule has 2 saturated heterocycles. The van der Waals surface area contributed by atoms with E-state index < -0.39 is 0 Å². The molecule has 5 nitrogen and oxygen atoms in total. The number of piperidine rings is 2. The van der Waals surface area contributed by atoms with Crippen molar-refractivity contribution in [3.63, 3.8) is 0 Å². The van der Waals surface area contributed by atoms with Crippen molar-refractivity contribution in [3.05, 3.63) is 18.0 Å². The fourth-order valence-electron chi connectivity index (χ4n) is 4.36. The van der Waals surface area contributed by atoms with Crippen molar-refractivity contribution in [2.24, 2.45) is 5.92 Å². The van der Waals surface area contributed by atoms with Crippen molar-refractivity contribution < 1.29 is 4.79 Å². The largest absolute Gasteiger partial charge is 0.335 e. The summed E-state index contributed by atoms with van der Waals surface area (Å²) in [6.07, 6.45) is 11.4. The summed E-state index contributed by atoms with van der Waals surface area (Å²) in [7, 11) is 0. The molecule has 0 N–H and O–H groups in total. The van der Waals surface area contributed by atoms with Crippen LogP contribution in [0.15, 0.2) is 12.4 Å². The first-order valence-corrected chi connectivity index (χ1v) is 8.85. The molecule has 3 heterocycles. The summed E-state index contributed by atoms with van der Waals surface area (Å²) in [6.45, 7) is 5.32. The molecule has 0 spiro atoms. The van der Waals surface area contributed by atoms with Crippen LogP contribution in [-0.2, 0) is 6.54 Å². The quantitative estimate of drug-likeness (QED) is 0.854. The van der Waals surface area contributed by atoms with Gasteiger partial charge in [-0.05, 0) is 51.1 Å². The summed E-state index contributed by atoms with van der Waals surface area (Å²) < 4.78 is 1.94. The van der Waals surface area contributed by atoms with Gasteiger partial charge in [0.1, 0.15) is 0 Å². The average molecular weight is 302 g/mol. The van der Waals surface area contributed by atoms with Gasteiger partial charge in [0.15, 0.2) is 0 Å². The van der Waals surface area contributed by atoms with Gasteiger partial charge in [-0.3, -0.25) is 9.48 Å². The molecule has 0 aromatic carbocycles. The van der Waals surface area contributed by atoms with E-state index in [-0.39, 0.29) is 5.91 Å². The fourth-order valence-corrected chi connectivity index (χ4v) is 4.36. The summed E-state index contributed by atoms with van der Waals surface area (Å²) in [6, 6.07) is 0.495. The van der Waals surface area contributed by atoms with Crippen molar-refractivity contribution in [1.29, 1.82) is 0 Å². The number of fused-ring (bicyclic) bond motifs is 2. The molecule has 2 bridgehead atoms. The second-order valence-corrected chi connectivity index (χ2v) is 7.18. The molecule has 2 atom stereocenters. The van der Waals surface area contributed by atoms with Gasteiger partial charge in [0.2, 0.25) is 0 Å². The van der Waals surface area contributed by atoms with Gasteiger partial charge in [-0.2, -0.15) is 5.10 Å². The first-order valence-electron chi connectivity index (χ1n) is 8.85. The third kappa shape index (κ3) is 2.78. The average Bonchev–Trinajstić information content (AvgIpc) is 3.29. The molecule has 2 aliphatic heterocycles. The van der Waals surface area contributed by atoms with Crippen LogP contribution in [-0.4, -0.2) is 57.7 Å². The van der Waals surface area contributed by atoms with Crippen LogP contribution in [0.4, 0.5) is 0 Å². The second-order valence-electron chi connectivity index (χ2n) is 7.18. The third-order valence-corrected chi connectivity index (χ3v) is 5.64. The van der Waals surface area contributed by atoms with E-state index in [1.54, 1.807) is 6.20 Å². The molecule has 120 valence electrons. The maximum Gasteiger partial charge on any atom is 0.257 e. The Bertz CT molecular complexity index is 535. The summed E-state index contributed by atoms with van der Waals surface area (Å²) in [5.74, 6) is 0.944. The summed E-state index contributed by atoms with van der Waals surface area (Å²) in [5.41, 5.74) is 0.770. The lowest BCUT2D eigenvalue weighted by atomic mass is 10.1. The second kappa shape index (κ2) is 6.03. The van der Waals surface area contributed by atoms with Gasteiger partial charge in [0, 0.05) is 25.3 Å². The Kier molecular flexibility index (Phi) is 3.90. The minimum atomic E-state index is 0.191. The highest BCUT2D eigenvalue weighted by Gasteiger charge is 2.40. The van der Waals surface area contributed by atoms with E-state index in [2.05, 4.69) is 14.9 Å². The van der Waals surface area contributed by atoms with Crippen LogP contribution in [0.1, 0.15) is 48.9 Å². The first-order chi connectivity index (χ1) is 10.8. The number of aromatic nitrogens is 2. The third-order valence-electron chi connectivity index (χ3n) is 5.64. The zero-order chi connectivity index (χ0) is 14.9. The van der Waals surface area contributed by atoms with Gasteiger partial charge < -0.3 is 9.80 Å². The van der Waals surface area contributed by atoms with E-state index in [0.29, 0.717) is 6.04 Å². The predicted octanol–water partition coefficient (Wildman–Crippen LogP) is 1.99. The number of hydrogen-bond acceptors (Lipinski definition) is 3. The molecule has 2 unspecified atom stereocenters. The number of rotatable bonds is 4. The van der Waals surface area contributed by atoms with Crippen LogP contribution in [0.25, 0.3) is 0 Å². The fraction of sp³-hybridized carbons (Fsp3) is 0.765. The van der Waals surface area contributed by atoms with Crippen molar-refractivity contribution in [3.8, 4) is 0 Å². The highest BCUT2D eigenvalue weighted by atomic mass is 16.2. The lowest BCUT2D eigenvalue weighted by Gasteiger charge is -2.26. The summed E-state index contributed by atoms with van der Waals surface area (Å²) in [4.78, 5) is 17.2. The van der Waals surface area contributed by atoms with Gasteiger partial charge in [0.05, 0.1) is 18.3 Å². The van der Waals surface area contributed by atoms with Gasteiger partial charge in [-0.1, -0.05) is 6.42 Å². The minimum absolute atomic E-state index is 0.191. The Morgan fingerprint density at radius 3 is 2.77 bits per heavy atom. The lowest BCUT2D eigenvalue weighted by Crippen LogP contribution is -2.37. The van der Waals surface area contributed by atoms with Crippen LogP contribution in [0.2, 0.25) is 0 Å². The number of nitrogens with zero attached hydrogens (tertiary/aromatic N) is 4. The van der Waals surface area contributed by atoms with E-state index in [1.807, 2.05) is 10.9 Å². The molecule has 1 aromatic heterocycles. The van der Waals surface area contributed by atoms with Crippen molar-refractivity contribution in [2.45, 2.75) is 51.1 Å². The number of carbonyl (C=O) groups is 1. The number of amides is 1. The molecular weight excluding hydrogens is 276 g/mol. The monoisotopic (exact) mass is 302 g/mol. The van der Waals surface area contributed by atoms with E-state index in [9.17, 15) is 4.79 Å². The molecule has 1 amide bonds. The molecule has 1 saturated carbocycles. The number of hydrogen-bond donors (Lipinski definition) is 0. The smallest absolute Gasteiger partial charge is 0.257 e. The van der Waals surface area contributed by atoms with E-state index >= 15 is 0 Å². The normalized spacial score (nSPS) is 28.5. The Hall–Kier alpha value is -1.36. The van der Waals surface area contributed by atoms with Crippen LogP contribution in [0.3, 0.4) is 0 Å². The van der Waals surface area contributed by atoms with Gasteiger partial charge in [0.25, 0.3) is 5.91 Å². The van der Waals surface area contributed by atoms with Crippen molar-refractivity contribution in [1.82, 2.24) is 19.6 Å². The molecule has 1 aromatic rings. The summed E-state index contributed by atoms with van der Waals surface area (Å²) >= 11 is 0. The van der Waals surface area contributed by atoms with E-state index in [1.165, 1.54) is 51.6 Å². The Labute approximate surface area is 132 Å². The first kappa shape index (κ1) is 14.2. The van der Waals surface area contributed by atoms with Crippen molar-refractivity contribution >= 4 is 5.91 Å². The predicted molar refractivity (Wildman–Crippen MR) is 84.7 cm³/mol. The minimum Gasteiger partial charge on any atom is -0.335 e. The number of likely N-dealkylation sites (tertiary alicyclic amines) is 2. The molecule has 3 aliphatic rings. The lowest BCUT2D eigenvalue weighted by molar-refractivity contribution is 0.0703. The van der Waals surface area contributed by atoms with Crippen molar-refractivity contribution in [2.75, 3.05) is 26.2 Å². The van der Waals surface area contributed by atoms with Crippen LogP contribution < -0.4 is 0 Å². The van der Waals surface area contributed by atoms with Crippen LogP contribution >= 0.6 is 0 Å². The maximum absolute atomic E-state index is 12.6. The van der Waals surface area contributed by atoms with Crippen LogP contribution in [0, 0.1) is 5.92 Å². The van der Waals surface area contributed by atoms with Crippen LogP contribution in [0.5, 0.6) is 0 Å². The van der Waals surface area contributed by atoms with Gasteiger partial charge in [-0.25, -0.2) is 0 Å². The topological polar surface area (TPSA) is 41.4 Å². The standard InChI is InChI=1S/C17H26N4O/c22-17(21-12-14-4-5-16(21)10-14)15-11-18-20(13-15)9-8-19-6-2-1-3-7-19/h11,13-14,16H,1-10,12H2. The molecule has 22 heavy (non-hydrogen) atoms. The Morgan fingerprint density at radius 2 is 2.05 bits per heavy atom. The number of carbonyl (C=O) groups excluding carboxylic acids is 1. The highest BCUT2D eigenvalue weighted by molar-refractivity contribution is 5.94. The highest BCUT2D eigenvalue weighted by Crippen LogP contribution is 2.37. The van der Waals surface area contributed by atoms with Gasteiger partial charge in [-0.15, -0.1) is 0 Å². The molecule has 0 radical (unpaired) electrons. The van der Waals surface area contributed by atoms with Gasteiger partial charge >= 0.3 is 0 Å². The van der Waals surface area contributed by atoms with E-state index in [0.717, 1.165) is 31.1 Å². The molecule has 5 heteroatoms.